The number of ether oxygens (including phenoxy) is 1. The fourth-order valence-electron chi connectivity index (χ4n) is 1.97. The topological polar surface area (TPSA) is 83.9 Å². The van der Waals surface area contributed by atoms with Crippen LogP contribution in [-0.2, 0) is 19.1 Å². The number of aliphatic carboxylic acids is 1. The third-order valence-electron chi connectivity index (χ3n) is 3.27. The Morgan fingerprint density at radius 2 is 2.25 bits per heavy atom. The van der Waals surface area contributed by atoms with Gasteiger partial charge in [0.2, 0.25) is 5.91 Å². The van der Waals surface area contributed by atoms with E-state index in [0.717, 1.165) is 0 Å². The van der Waals surface area contributed by atoms with E-state index in [4.69, 9.17) is 4.74 Å². The maximum absolute atomic E-state index is 11.6. The van der Waals surface area contributed by atoms with Gasteiger partial charge >= 0.3 is 11.9 Å². The van der Waals surface area contributed by atoms with E-state index >= 15 is 0 Å². The summed E-state index contributed by atoms with van der Waals surface area (Å²) in [7, 11) is 0. The molecule has 0 radical (unpaired) electrons. The number of hydrogen-bond donors (Lipinski definition) is 1. The highest BCUT2D eigenvalue weighted by Gasteiger charge is 2.45. The Balaban J connectivity index is 2.15. The molecule has 2 aliphatic heterocycles. The zero-order valence-electron chi connectivity index (χ0n) is 11.2. The summed E-state index contributed by atoms with van der Waals surface area (Å²) in [6.45, 7) is 3.24. The number of nitrogens with zero attached hydrogens (tertiary/aromatic N) is 1. The zero-order valence-corrected chi connectivity index (χ0v) is 12.0. The second kappa shape index (κ2) is 5.70. The van der Waals surface area contributed by atoms with Gasteiger partial charge in [0.25, 0.3) is 0 Å². The number of thioether (sulfide) groups is 1. The van der Waals surface area contributed by atoms with Gasteiger partial charge in [0.1, 0.15) is 12.3 Å². The van der Waals surface area contributed by atoms with Gasteiger partial charge < -0.3 is 9.84 Å². The van der Waals surface area contributed by atoms with Crippen molar-refractivity contribution in [1.82, 2.24) is 4.90 Å². The Labute approximate surface area is 120 Å². The fourth-order valence-corrected chi connectivity index (χ4v) is 3.22. The molecule has 0 saturated carbocycles. The van der Waals surface area contributed by atoms with E-state index in [2.05, 4.69) is 0 Å². The van der Waals surface area contributed by atoms with Crippen molar-refractivity contribution in [2.24, 2.45) is 0 Å². The van der Waals surface area contributed by atoms with Crippen molar-refractivity contribution in [3.8, 4) is 0 Å². The van der Waals surface area contributed by atoms with Gasteiger partial charge in [0.05, 0.1) is 11.8 Å². The fraction of sp³-hybridized carbons (Fsp3) is 0.462. The molecule has 1 saturated heterocycles. The molecule has 1 atom stereocenters. The van der Waals surface area contributed by atoms with E-state index in [-0.39, 0.29) is 23.6 Å². The Kier molecular flexibility index (Phi) is 4.17. The monoisotopic (exact) mass is 297 g/mol. The van der Waals surface area contributed by atoms with E-state index in [1.807, 2.05) is 0 Å². The molecule has 2 rings (SSSR count). The summed E-state index contributed by atoms with van der Waals surface area (Å²) in [5.41, 5.74) is 0.892. The lowest BCUT2D eigenvalue weighted by molar-refractivity contribution is -0.146. The molecule has 2 heterocycles. The van der Waals surface area contributed by atoms with Crippen LogP contribution in [0, 0.1) is 0 Å². The number of β-lactam (4-membered cyclic amide) rings is 1. The quantitative estimate of drug-likeness (QED) is 0.476. The molecule has 7 heteroatoms. The number of esters is 1. The SMILES string of the molecule is CC=C(C)C(=O)OCC1=C(C(=O)O)N2C(=O)C[C@@H]2SC1. The molecule has 108 valence electrons. The zero-order chi connectivity index (χ0) is 14.9. The summed E-state index contributed by atoms with van der Waals surface area (Å²) in [5, 5.41) is 9.16. The third-order valence-corrected chi connectivity index (χ3v) is 4.54. The number of carboxylic acids is 1. The summed E-state index contributed by atoms with van der Waals surface area (Å²) in [5.74, 6) is -1.38. The van der Waals surface area contributed by atoms with Crippen molar-refractivity contribution < 1.29 is 24.2 Å². The van der Waals surface area contributed by atoms with Gasteiger partial charge in [-0.25, -0.2) is 9.59 Å². The van der Waals surface area contributed by atoms with Crippen LogP contribution in [0.4, 0.5) is 0 Å². The lowest BCUT2D eigenvalue weighted by Gasteiger charge is -2.43. The van der Waals surface area contributed by atoms with Crippen molar-refractivity contribution in [2.45, 2.75) is 25.6 Å². The lowest BCUT2D eigenvalue weighted by Crippen LogP contribution is -2.54. The molecule has 1 N–H and O–H groups in total. The molecule has 0 aromatic carbocycles. The van der Waals surface area contributed by atoms with Crippen molar-refractivity contribution in [1.29, 1.82) is 0 Å². The molecule has 0 aromatic rings. The van der Waals surface area contributed by atoms with Crippen LogP contribution in [0.1, 0.15) is 20.3 Å². The van der Waals surface area contributed by atoms with Crippen LogP contribution in [-0.4, -0.2) is 45.6 Å². The molecular formula is C13H15NO5S. The predicted molar refractivity (Wildman–Crippen MR) is 72.8 cm³/mol. The molecular weight excluding hydrogens is 282 g/mol. The molecule has 0 aromatic heterocycles. The standard InChI is InChI=1S/C13H15NO5S/c1-3-7(2)13(18)19-5-8-6-20-10-4-9(15)14(10)11(8)12(16)17/h3,10H,4-6H2,1-2H3,(H,16,17)/t10-/m0/s1. The van der Waals surface area contributed by atoms with Crippen molar-refractivity contribution in [2.75, 3.05) is 12.4 Å². The highest BCUT2D eigenvalue weighted by Crippen LogP contribution is 2.39. The van der Waals surface area contributed by atoms with Crippen molar-refractivity contribution in [3.63, 3.8) is 0 Å². The van der Waals surface area contributed by atoms with Crippen LogP contribution < -0.4 is 0 Å². The van der Waals surface area contributed by atoms with Crippen LogP contribution in [0.25, 0.3) is 0 Å². The van der Waals surface area contributed by atoms with Gasteiger partial charge in [-0.05, 0) is 13.8 Å². The minimum atomic E-state index is -1.16. The Hall–Kier alpha value is -1.76. The summed E-state index contributed by atoms with van der Waals surface area (Å²) in [6, 6.07) is 0. The van der Waals surface area contributed by atoms with Crippen molar-refractivity contribution in [3.05, 3.63) is 22.9 Å². The average molecular weight is 297 g/mol. The Bertz CT molecular complexity index is 537. The van der Waals surface area contributed by atoms with E-state index in [9.17, 15) is 19.5 Å². The Morgan fingerprint density at radius 1 is 1.55 bits per heavy atom. The molecule has 0 bridgehead atoms. The van der Waals surface area contributed by atoms with Crippen molar-refractivity contribution >= 4 is 29.6 Å². The van der Waals surface area contributed by atoms with E-state index < -0.39 is 11.9 Å². The first-order valence-corrected chi connectivity index (χ1v) is 7.19. The summed E-state index contributed by atoms with van der Waals surface area (Å²) >= 11 is 1.49. The molecule has 0 spiro atoms. The van der Waals surface area contributed by atoms with Crippen LogP contribution in [0.5, 0.6) is 0 Å². The number of fused-ring (bicyclic) bond motifs is 1. The van der Waals surface area contributed by atoms with Gasteiger partial charge in [-0.3, -0.25) is 9.69 Å². The summed E-state index contributed by atoms with van der Waals surface area (Å²) < 4.78 is 5.08. The number of allylic oxidation sites excluding steroid dienone is 1. The molecule has 0 unspecified atom stereocenters. The summed E-state index contributed by atoms with van der Waals surface area (Å²) in [6.07, 6.45) is 1.99. The average Bonchev–Trinajstić information content (AvgIpc) is 2.42. The van der Waals surface area contributed by atoms with Crippen LogP contribution in [0.15, 0.2) is 22.9 Å². The third kappa shape index (κ3) is 2.58. The van der Waals surface area contributed by atoms with E-state index in [0.29, 0.717) is 23.3 Å². The first-order chi connectivity index (χ1) is 9.45. The number of carboxylic acid groups (broad SMARTS) is 1. The predicted octanol–water partition coefficient (Wildman–Crippen LogP) is 1.14. The van der Waals surface area contributed by atoms with E-state index in [1.54, 1.807) is 19.9 Å². The van der Waals surface area contributed by atoms with Gasteiger partial charge in [-0.2, -0.15) is 0 Å². The highest BCUT2D eigenvalue weighted by molar-refractivity contribution is 8.00. The number of amides is 1. The first kappa shape index (κ1) is 14.6. The van der Waals surface area contributed by atoms with Crippen LogP contribution in [0.3, 0.4) is 0 Å². The lowest BCUT2D eigenvalue weighted by atomic mass is 10.1. The number of carbonyl (C=O) groups excluding carboxylic acids is 2. The second-order valence-corrected chi connectivity index (χ2v) is 5.70. The minimum absolute atomic E-state index is 0.0315. The normalized spacial score (nSPS) is 22.3. The van der Waals surface area contributed by atoms with Gasteiger partial charge in [0, 0.05) is 16.9 Å². The number of hydrogen-bond acceptors (Lipinski definition) is 5. The van der Waals surface area contributed by atoms with Gasteiger partial charge in [-0.1, -0.05) is 6.08 Å². The maximum Gasteiger partial charge on any atom is 0.352 e. The van der Waals surface area contributed by atoms with Gasteiger partial charge in [-0.15, -0.1) is 11.8 Å². The molecule has 2 aliphatic rings. The van der Waals surface area contributed by atoms with Crippen LogP contribution >= 0.6 is 11.8 Å². The maximum atomic E-state index is 11.6. The first-order valence-electron chi connectivity index (χ1n) is 6.14. The minimum Gasteiger partial charge on any atom is -0.477 e. The largest absolute Gasteiger partial charge is 0.477 e. The molecule has 1 amide bonds. The highest BCUT2D eigenvalue weighted by atomic mass is 32.2. The second-order valence-electron chi connectivity index (χ2n) is 4.54. The summed E-state index contributed by atoms with van der Waals surface area (Å²) in [4.78, 5) is 35.7. The number of rotatable bonds is 4. The molecule has 6 nitrogen and oxygen atoms in total. The Morgan fingerprint density at radius 3 is 2.80 bits per heavy atom. The van der Waals surface area contributed by atoms with E-state index in [1.165, 1.54) is 16.7 Å². The number of carbonyl (C=O) groups is 3. The molecule has 0 aliphatic carbocycles. The molecule has 1 fully saturated rings. The smallest absolute Gasteiger partial charge is 0.352 e. The molecule has 20 heavy (non-hydrogen) atoms. The van der Waals surface area contributed by atoms with Gasteiger partial charge in [0.15, 0.2) is 0 Å². The van der Waals surface area contributed by atoms with Crippen LogP contribution in [0.2, 0.25) is 0 Å².